The highest BCUT2D eigenvalue weighted by Crippen LogP contribution is 2.33. The van der Waals surface area contributed by atoms with Crippen LogP contribution in [0, 0.1) is 0 Å². The number of aliphatic carboxylic acids is 1. The lowest BCUT2D eigenvalue weighted by Crippen LogP contribution is -2.06. The molecule has 0 saturated carbocycles. The molecule has 0 aliphatic heterocycles. The Bertz CT molecular complexity index is 645. The molecule has 0 bridgehead atoms. The number of anilines is 1. The molecule has 3 N–H and O–H groups in total. The number of pyridine rings is 1. The molecular formula is C13H10Cl2N2O2. The lowest BCUT2D eigenvalue weighted by Gasteiger charge is -2.08. The molecule has 0 saturated heterocycles. The van der Waals surface area contributed by atoms with Gasteiger partial charge in [-0.25, -0.2) is 0 Å². The minimum atomic E-state index is -0.992. The molecule has 0 unspecified atom stereocenters. The second-order valence-electron chi connectivity index (χ2n) is 3.90. The van der Waals surface area contributed by atoms with Crippen LogP contribution in [0.3, 0.4) is 0 Å². The van der Waals surface area contributed by atoms with Gasteiger partial charge in [0, 0.05) is 5.56 Å². The monoisotopic (exact) mass is 296 g/mol. The number of carbonyl (C=O) groups is 1. The van der Waals surface area contributed by atoms with E-state index >= 15 is 0 Å². The fourth-order valence-electron chi connectivity index (χ4n) is 1.65. The normalized spacial score (nSPS) is 10.4. The van der Waals surface area contributed by atoms with Crippen LogP contribution in [-0.4, -0.2) is 16.1 Å². The number of nitrogens with zero attached hydrogens (tertiary/aromatic N) is 1. The van der Waals surface area contributed by atoms with Crippen LogP contribution in [0.25, 0.3) is 11.3 Å². The molecule has 4 nitrogen and oxygen atoms in total. The zero-order valence-electron chi connectivity index (χ0n) is 9.73. The first-order valence-electron chi connectivity index (χ1n) is 5.40. The fraction of sp³-hybridized carbons (Fsp3) is 0.0769. The maximum absolute atomic E-state index is 10.7. The lowest BCUT2D eigenvalue weighted by molar-refractivity contribution is -0.136. The molecule has 1 heterocycles. The number of hydrogen-bond acceptors (Lipinski definition) is 3. The predicted octanol–water partition coefficient (Wildman–Crippen LogP) is 3.26. The standard InChI is InChI=1S/C13H10Cl2N2O2/c14-8-3-1-2-7(13(8)15)10-5-4-9(16)11(17-10)6-12(18)19/h1-5H,6,16H2,(H,18,19). The van der Waals surface area contributed by atoms with E-state index in [1.807, 2.05) is 0 Å². The highest BCUT2D eigenvalue weighted by atomic mass is 35.5. The Morgan fingerprint density at radius 3 is 2.68 bits per heavy atom. The number of benzene rings is 1. The summed E-state index contributed by atoms with van der Waals surface area (Å²) in [7, 11) is 0. The third-order valence-electron chi connectivity index (χ3n) is 2.56. The summed E-state index contributed by atoms with van der Waals surface area (Å²) in [5.41, 5.74) is 7.52. The van der Waals surface area contributed by atoms with E-state index in [0.717, 1.165) is 0 Å². The van der Waals surface area contributed by atoms with Crippen molar-refractivity contribution >= 4 is 34.9 Å². The van der Waals surface area contributed by atoms with Gasteiger partial charge >= 0.3 is 5.97 Å². The first-order valence-corrected chi connectivity index (χ1v) is 6.16. The minimum Gasteiger partial charge on any atom is -0.481 e. The van der Waals surface area contributed by atoms with Gasteiger partial charge in [-0.1, -0.05) is 35.3 Å². The second kappa shape index (κ2) is 5.47. The van der Waals surface area contributed by atoms with Gasteiger partial charge in [0.05, 0.1) is 33.5 Å². The van der Waals surface area contributed by atoms with Gasteiger partial charge in [0.1, 0.15) is 0 Å². The molecule has 0 amide bonds. The summed E-state index contributed by atoms with van der Waals surface area (Å²) in [6.45, 7) is 0. The summed E-state index contributed by atoms with van der Waals surface area (Å²) in [6, 6.07) is 8.47. The molecular weight excluding hydrogens is 287 g/mol. The van der Waals surface area contributed by atoms with Gasteiger partial charge in [-0.15, -0.1) is 0 Å². The van der Waals surface area contributed by atoms with Crippen LogP contribution in [-0.2, 0) is 11.2 Å². The Balaban J connectivity index is 2.51. The van der Waals surface area contributed by atoms with E-state index in [0.29, 0.717) is 32.7 Å². The van der Waals surface area contributed by atoms with Crippen molar-refractivity contribution in [3.8, 4) is 11.3 Å². The summed E-state index contributed by atoms with van der Waals surface area (Å²) in [5, 5.41) is 9.60. The van der Waals surface area contributed by atoms with Gasteiger partial charge in [0.15, 0.2) is 0 Å². The van der Waals surface area contributed by atoms with E-state index < -0.39 is 5.97 Å². The van der Waals surface area contributed by atoms with E-state index in [9.17, 15) is 4.79 Å². The summed E-state index contributed by atoms with van der Waals surface area (Å²) in [6.07, 6.45) is -0.238. The summed E-state index contributed by atoms with van der Waals surface area (Å²) in [4.78, 5) is 15.0. The van der Waals surface area contributed by atoms with Crippen LogP contribution in [0.2, 0.25) is 10.0 Å². The molecule has 2 rings (SSSR count). The van der Waals surface area contributed by atoms with Crippen molar-refractivity contribution in [1.82, 2.24) is 4.98 Å². The first-order chi connectivity index (χ1) is 8.99. The Labute approximate surface area is 119 Å². The lowest BCUT2D eigenvalue weighted by atomic mass is 10.1. The number of nitrogen functional groups attached to an aromatic ring is 1. The fourth-order valence-corrected chi connectivity index (χ4v) is 2.05. The molecule has 2 aromatic rings. The molecule has 1 aromatic heterocycles. The van der Waals surface area contributed by atoms with Crippen LogP contribution < -0.4 is 5.73 Å². The Morgan fingerprint density at radius 1 is 1.26 bits per heavy atom. The highest BCUT2D eigenvalue weighted by Gasteiger charge is 2.12. The van der Waals surface area contributed by atoms with Gasteiger partial charge in [0.2, 0.25) is 0 Å². The van der Waals surface area contributed by atoms with Crippen LogP contribution >= 0.6 is 23.2 Å². The number of nitrogens with two attached hydrogens (primary N) is 1. The van der Waals surface area contributed by atoms with Gasteiger partial charge in [-0.3, -0.25) is 9.78 Å². The van der Waals surface area contributed by atoms with Gasteiger partial charge in [0.25, 0.3) is 0 Å². The largest absolute Gasteiger partial charge is 0.481 e. The highest BCUT2D eigenvalue weighted by molar-refractivity contribution is 6.43. The van der Waals surface area contributed by atoms with Crippen molar-refractivity contribution in [2.24, 2.45) is 0 Å². The topological polar surface area (TPSA) is 76.2 Å². The molecule has 0 aliphatic rings. The quantitative estimate of drug-likeness (QED) is 0.911. The summed E-state index contributed by atoms with van der Waals surface area (Å²) in [5.74, 6) is -0.992. The minimum absolute atomic E-state index is 0.238. The van der Waals surface area contributed by atoms with Crippen LogP contribution in [0.4, 0.5) is 5.69 Å². The second-order valence-corrected chi connectivity index (χ2v) is 4.69. The number of aromatic nitrogens is 1. The number of rotatable bonds is 3. The number of hydrogen-bond donors (Lipinski definition) is 2. The SMILES string of the molecule is Nc1ccc(-c2cccc(Cl)c2Cl)nc1CC(=O)O. The van der Waals surface area contributed by atoms with Crippen LogP contribution in [0.15, 0.2) is 30.3 Å². The molecule has 0 fully saturated rings. The maximum atomic E-state index is 10.7. The van der Waals surface area contributed by atoms with E-state index in [-0.39, 0.29) is 6.42 Å². The van der Waals surface area contributed by atoms with E-state index in [4.69, 9.17) is 34.0 Å². The molecule has 98 valence electrons. The van der Waals surface area contributed by atoms with Crippen molar-refractivity contribution < 1.29 is 9.90 Å². The Hall–Kier alpha value is -1.78. The molecule has 1 aromatic carbocycles. The molecule has 0 aliphatic carbocycles. The van der Waals surface area contributed by atoms with Crippen molar-refractivity contribution in [3.05, 3.63) is 46.1 Å². The van der Waals surface area contributed by atoms with E-state index in [1.54, 1.807) is 30.3 Å². The predicted molar refractivity (Wildman–Crippen MR) is 75.4 cm³/mol. The third kappa shape index (κ3) is 2.97. The third-order valence-corrected chi connectivity index (χ3v) is 3.37. The Morgan fingerprint density at radius 2 is 2.00 bits per heavy atom. The van der Waals surface area contributed by atoms with E-state index in [2.05, 4.69) is 4.98 Å². The number of carboxylic acids is 1. The molecule has 0 radical (unpaired) electrons. The Kier molecular flexibility index (Phi) is 3.93. The van der Waals surface area contributed by atoms with Crippen LogP contribution in [0.5, 0.6) is 0 Å². The summed E-state index contributed by atoms with van der Waals surface area (Å²) >= 11 is 12.0. The maximum Gasteiger partial charge on any atom is 0.309 e. The van der Waals surface area contributed by atoms with Crippen molar-refractivity contribution in [1.29, 1.82) is 0 Å². The molecule has 0 atom stereocenters. The van der Waals surface area contributed by atoms with Crippen LogP contribution in [0.1, 0.15) is 5.69 Å². The number of carboxylic acid groups (broad SMARTS) is 1. The average Bonchev–Trinajstić information content (AvgIpc) is 2.35. The van der Waals surface area contributed by atoms with Crippen molar-refractivity contribution in [2.75, 3.05) is 5.73 Å². The number of halogens is 2. The summed E-state index contributed by atoms with van der Waals surface area (Å²) < 4.78 is 0. The van der Waals surface area contributed by atoms with Gasteiger partial charge < -0.3 is 10.8 Å². The average molecular weight is 297 g/mol. The molecule has 0 spiro atoms. The van der Waals surface area contributed by atoms with E-state index in [1.165, 1.54) is 0 Å². The molecule has 6 heteroatoms. The van der Waals surface area contributed by atoms with Gasteiger partial charge in [-0.05, 0) is 18.2 Å². The zero-order chi connectivity index (χ0) is 14.0. The van der Waals surface area contributed by atoms with Crippen molar-refractivity contribution in [3.63, 3.8) is 0 Å². The smallest absolute Gasteiger partial charge is 0.309 e. The molecule has 19 heavy (non-hydrogen) atoms. The van der Waals surface area contributed by atoms with Gasteiger partial charge in [-0.2, -0.15) is 0 Å². The zero-order valence-corrected chi connectivity index (χ0v) is 11.2. The first kappa shape index (κ1) is 13.6. The van der Waals surface area contributed by atoms with Crippen molar-refractivity contribution in [2.45, 2.75) is 6.42 Å².